The lowest BCUT2D eigenvalue weighted by Crippen LogP contribution is -2.67. The van der Waals surface area contributed by atoms with E-state index in [9.17, 15) is 36.0 Å². The number of Topliss-reactive ketones (excluding diaryl/α,β-unsaturated/α-hetero) is 1. The minimum Gasteiger partial charge on any atom is -0.467 e. The number of alkyl halides is 3. The number of nitrogens with zero attached hydrogens (tertiary/aromatic N) is 3. The van der Waals surface area contributed by atoms with E-state index in [4.69, 9.17) is 10.5 Å². The molecule has 3 aliphatic rings. The van der Waals surface area contributed by atoms with Gasteiger partial charge < -0.3 is 15.4 Å². The molecule has 5 rings (SSSR count). The lowest BCUT2D eigenvalue weighted by Gasteiger charge is -2.43. The molecule has 1 unspecified atom stereocenters. The largest absolute Gasteiger partial charge is 0.471 e. The Kier molecular flexibility index (Phi) is 10.8. The van der Waals surface area contributed by atoms with Crippen LogP contribution in [0.3, 0.4) is 0 Å². The molecule has 0 aromatic heterocycles. The van der Waals surface area contributed by atoms with Gasteiger partial charge in [0.15, 0.2) is 11.3 Å². The second-order valence-electron chi connectivity index (χ2n) is 12.9. The Balaban J connectivity index is 1.41. The fraction of sp³-hybridized carbons (Fsp3) is 0.457. The molecule has 49 heavy (non-hydrogen) atoms. The predicted molar refractivity (Wildman–Crippen MR) is 176 cm³/mol. The van der Waals surface area contributed by atoms with Gasteiger partial charge in [-0.15, -0.1) is 0 Å². The number of carbonyl (C=O) groups excluding carboxylic acids is 3. The molecule has 0 fully saturated rings. The summed E-state index contributed by atoms with van der Waals surface area (Å²) in [5.41, 5.74) is 7.99. The number of ether oxygens (including phenoxy) is 1. The summed E-state index contributed by atoms with van der Waals surface area (Å²) in [5, 5.41) is 0. The van der Waals surface area contributed by atoms with Gasteiger partial charge in [-0.3, -0.25) is 14.5 Å². The van der Waals surface area contributed by atoms with Crippen molar-refractivity contribution in [3.05, 3.63) is 88.5 Å². The first kappa shape index (κ1) is 36.4. The first-order valence-electron chi connectivity index (χ1n) is 16.2. The third-order valence-corrected chi connectivity index (χ3v) is 11.4. The number of amides is 1. The van der Waals surface area contributed by atoms with Crippen molar-refractivity contribution in [3.63, 3.8) is 0 Å². The van der Waals surface area contributed by atoms with Gasteiger partial charge in [0.25, 0.3) is 0 Å². The van der Waals surface area contributed by atoms with Gasteiger partial charge >= 0.3 is 18.1 Å². The highest BCUT2D eigenvalue weighted by Crippen LogP contribution is 2.38. The van der Waals surface area contributed by atoms with Gasteiger partial charge in [0.05, 0.1) is 18.0 Å². The molecule has 264 valence electrons. The first-order chi connectivity index (χ1) is 23.2. The van der Waals surface area contributed by atoms with E-state index in [2.05, 4.69) is 4.90 Å². The van der Waals surface area contributed by atoms with Crippen molar-refractivity contribution in [1.82, 2.24) is 14.1 Å². The number of methoxy groups -OCH3 is 1. The second-order valence-corrected chi connectivity index (χ2v) is 14.7. The number of nitrogens with two attached hydrogens (primary N) is 1. The van der Waals surface area contributed by atoms with Crippen LogP contribution in [0.25, 0.3) is 0 Å². The predicted octanol–water partition coefficient (Wildman–Crippen LogP) is 3.55. The van der Waals surface area contributed by atoms with Gasteiger partial charge in [0.1, 0.15) is 0 Å². The fourth-order valence-electron chi connectivity index (χ4n) is 6.98. The van der Waals surface area contributed by atoms with Crippen LogP contribution in [0.5, 0.6) is 0 Å². The van der Waals surface area contributed by atoms with Gasteiger partial charge in [-0.25, -0.2) is 13.2 Å². The summed E-state index contributed by atoms with van der Waals surface area (Å²) in [6.07, 6.45) is -0.691. The molecule has 1 amide bonds. The number of halogens is 3. The number of sulfonamides is 1. The third kappa shape index (κ3) is 7.67. The summed E-state index contributed by atoms with van der Waals surface area (Å²) in [6, 6.07) is 12.9. The van der Waals surface area contributed by atoms with Crippen molar-refractivity contribution in [2.24, 2.45) is 5.73 Å². The van der Waals surface area contributed by atoms with E-state index in [-0.39, 0.29) is 50.2 Å². The number of ketones is 1. The van der Waals surface area contributed by atoms with Crippen LogP contribution in [-0.2, 0) is 48.5 Å². The van der Waals surface area contributed by atoms with Crippen LogP contribution in [0.2, 0.25) is 0 Å². The number of carbonyl (C=O) groups is 3. The van der Waals surface area contributed by atoms with Crippen LogP contribution in [0.15, 0.2) is 76.7 Å². The zero-order chi connectivity index (χ0) is 35.6. The van der Waals surface area contributed by atoms with Crippen molar-refractivity contribution < 1.29 is 40.7 Å². The molecule has 2 aromatic carbocycles. The van der Waals surface area contributed by atoms with E-state index in [1.54, 1.807) is 13.0 Å². The SMILES string of the molecule is COC(=O)[C@]1(C(=O)C(N)CC2=CCCN(Cc3ccccc3)C2)CC(C)=CCN1S(=O)(=O)c1ccc2c(c1)CCN(C(=O)C(F)(F)F)CC2. The fourth-order valence-corrected chi connectivity index (χ4v) is 8.67. The number of fused-ring (bicyclic) bond motifs is 1. The van der Waals surface area contributed by atoms with E-state index >= 15 is 0 Å². The summed E-state index contributed by atoms with van der Waals surface area (Å²) in [4.78, 5) is 42.7. The Morgan fingerprint density at radius 2 is 1.69 bits per heavy atom. The van der Waals surface area contributed by atoms with Crippen LogP contribution >= 0.6 is 0 Å². The molecule has 3 heterocycles. The third-order valence-electron chi connectivity index (χ3n) is 9.47. The minimum absolute atomic E-state index is 0.0120. The Labute approximate surface area is 284 Å². The van der Waals surface area contributed by atoms with Crippen LogP contribution in [0.4, 0.5) is 13.2 Å². The van der Waals surface area contributed by atoms with E-state index in [0.29, 0.717) is 34.7 Å². The molecular formula is C35H41F3N4O6S. The highest BCUT2D eigenvalue weighted by molar-refractivity contribution is 7.89. The van der Waals surface area contributed by atoms with Crippen molar-refractivity contribution >= 4 is 27.7 Å². The van der Waals surface area contributed by atoms with Crippen LogP contribution in [-0.4, -0.2) is 97.8 Å². The summed E-state index contributed by atoms with van der Waals surface area (Å²) in [5.74, 6) is -3.79. The van der Waals surface area contributed by atoms with Gasteiger partial charge in [-0.05, 0) is 61.4 Å². The number of hydrogen-bond acceptors (Lipinski definition) is 8. The molecule has 0 saturated carbocycles. The number of rotatable bonds is 9. The molecule has 3 aliphatic heterocycles. The Morgan fingerprint density at radius 3 is 2.37 bits per heavy atom. The van der Waals surface area contributed by atoms with Crippen molar-refractivity contribution in [1.29, 1.82) is 0 Å². The molecule has 0 saturated heterocycles. The quantitative estimate of drug-likeness (QED) is 0.239. The summed E-state index contributed by atoms with van der Waals surface area (Å²) >= 11 is 0. The maximum Gasteiger partial charge on any atom is 0.471 e. The van der Waals surface area contributed by atoms with Crippen molar-refractivity contribution in [2.45, 2.75) is 68.2 Å². The average molecular weight is 703 g/mol. The number of esters is 1. The maximum atomic E-state index is 14.4. The van der Waals surface area contributed by atoms with Gasteiger partial charge in [-0.2, -0.15) is 17.5 Å². The molecule has 0 bridgehead atoms. The highest BCUT2D eigenvalue weighted by Gasteiger charge is 2.58. The monoisotopic (exact) mass is 702 g/mol. The molecule has 2 atom stereocenters. The lowest BCUT2D eigenvalue weighted by molar-refractivity contribution is -0.185. The van der Waals surface area contributed by atoms with Crippen LogP contribution in [0, 0.1) is 0 Å². The summed E-state index contributed by atoms with van der Waals surface area (Å²) in [6.45, 7) is 3.05. The minimum atomic E-state index is -5.02. The Hall–Kier alpha value is -3.85. The molecule has 2 aromatic rings. The molecular weight excluding hydrogens is 661 g/mol. The topological polar surface area (TPSA) is 130 Å². The Morgan fingerprint density at radius 1 is 1.00 bits per heavy atom. The second kappa shape index (κ2) is 14.6. The molecule has 14 heteroatoms. The van der Waals surface area contributed by atoms with E-state index in [1.165, 1.54) is 18.2 Å². The lowest BCUT2D eigenvalue weighted by atomic mass is 9.80. The molecule has 2 N–H and O–H groups in total. The maximum absolute atomic E-state index is 14.4. The molecule has 0 spiro atoms. The van der Waals surface area contributed by atoms with Crippen molar-refractivity contribution in [2.75, 3.05) is 39.8 Å². The highest BCUT2D eigenvalue weighted by atomic mass is 32.2. The zero-order valence-corrected chi connectivity index (χ0v) is 28.4. The molecule has 0 aliphatic carbocycles. The van der Waals surface area contributed by atoms with E-state index in [1.807, 2.05) is 36.4 Å². The normalized spacial score (nSPS) is 21.6. The van der Waals surface area contributed by atoms with Gasteiger partial charge in [0.2, 0.25) is 10.0 Å². The smallest absolute Gasteiger partial charge is 0.467 e. The van der Waals surface area contributed by atoms with E-state index in [0.717, 1.165) is 35.5 Å². The van der Waals surface area contributed by atoms with Crippen LogP contribution < -0.4 is 5.73 Å². The van der Waals surface area contributed by atoms with Crippen molar-refractivity contribution in [3.8, 4) is 0 Å². The van der Waals surface area contributed by atoms with E-state index < -0.39 is 45.4 Å². The summed E-state index contributed by atoms with van der Waals surface area (Å²) in [7, 11) is -3.49. The zero-order valence-electron chi connectivity index (χ0n) is 27.5. The summed E-state index contributed by atoms with van der Waals surface area (Å²) < 4.78 is 74.1. The standard InChI is InChI=1S/C35H41F3N4O6S/c1-24-12-18-42(49(46,47)29-11-10-27-13-16-41(17-14-28(27)20-29)32(44)35(36,37)38)34(21-24,33(45)48-2)31(43)30(39)19-26-9-6-15-40(23-26)22-25-7-4-3-5-8-25/h3-5,7-12,20,30H,6,13-19,21-23,39H2,1-2H3/t30?,34-/m1/s1. The molecule has 0 radical (unpaired) electrons. The van der Waals surface area contributed by atoms with Crippen LogP contribution in [0.1, 0.15) is 42.9 Å². The molecule has 10 nitrogen and oxygen atoms in total. The average Bonchev–Trinajstić information content (AvgIpc) is 3.29. The first-order valence-corrected chi connectivity index (χ1v) is 17.6. The van der Waals surface area contributed by atoms with Gasteiger partial charge in [0, 0.05) is 45.7 Å². The number of benzene rings is 2. The Bertz CT molecular complexity index is 1760. The van der Waals surface area contributed by atoms with Gasteiger partial charge in [-0.1, -0.05) is 59.7 Å². The number of hydrogen-bond donors (Lipinski definition) is 1.